The lowest BCUT2D eigenvalue weighted by Gasteiger charge is -2.37. The summed E-state index contributed by atoms with van der Waals surface area (Å²) in [7, 11) is 0. The van der Waals surface area contributed by atoms with Crippen molar-refractivity contribution in [2.45, 2.75) is 25.8 Å². The van der Waals surface area contributed by atoms with Crippen molar-refractivity contribution in [3.63, 3.8) is 0 Å². The molecule has 0 aliphatic carbocycles. The Bertz CT molecular complexity index is 759. The third-order valence-corrected chi connectivity index (χ3v) is 5.09. The second-order valence-electron chi connectivity index (χ2n) is 6.95. The third kappa shape index (κ3) is 4.23. The van der Waals surface area contributed by atoms with Crippen LogP contribution in [0.5, 0.6) is 0 Å². The molecule has 5 heteroatoms. The quantitative estimate of drug-likeness (QED) is 0.888. The molecule has 0 saturated carbocycles. The molecule has 2 unspecified atom stereocenters. The van der Waals surface area contributed by atoms with Gasteiger partial charge < -0.3 is 16.0 Å². The molecule has 136 valence electrons. The minimum atomic E-state index is -0.555. The van der Waals surface area contributed by atoms with Gasteiger partial charge in [0.15, 0.2) is 0 Å². The largest absolute Gasteiger partial charge is 0.352 e. The number of nitrogens with one attached hydrogen (secondary N) is 1. The van der Waals surface area contributed by atoms with Crippen molar-refractivity contribution >= 4 is 11.9 Å². The highest BCUT2D eigenvalue weighted by atomic mass is 16.2. The van der Waals surface area contributed by atoms with Crippen molar-refractivity contribution in [1.82, 2.24) is 10.2 Å². The van der Waals surface area contributed by atoms with Gasteiger partial charge in [0, 0.05) is 25.2 Å². The molecule has 0 spiro atoms. The number of piperidine rings is 1. The Morgan fingerprint density at radius 2 is 1.81 bits per heavy atom. The van der Waals surface area contributed by atoms with E-state index in [1.165, 1.54) is 5.56 Å². The van der Waals surface area contributed by atoms with Crippen LogP contribution < -0.4 is 11.1 Å². The zero-order valence-corrected chi connectivity index (χ0v) is 15.0. The molecular formula is C21H25N3O2. The molecule has 1 aliphatic rings. The smallest absolute Gasteiger partial charge is 0.312 e. The summed E-state index contributed by atoms with van der Waals surface area (Å²) in [5, 5.41) is 2.54. The van der Waals surface area contributed by atoms with Crippen LogP contribution in [0.1, 0.15) is 40.7 Å². The van der Waals surface area contributed by atoms with Gasteiger partial charge in [-0.15, -0.1) is 0 Å². The first kappa shape index (κ1) is 18.0. The number of hydrogen-bond acceptors (Lipinski definition) is 2. The SMILES string of the molecule is CC1CN(C(=O)c2ccc(CNC(N)=O)cc2)CCC1c1ccccc1. The number of nitrogens with two attached hydrogens (primary N) is 1. The highest BCUT2D eigenvalue weighted by molar-refractivity contribution is 5.94. The first-order valence-corrected chi connectivity index (χ1v) is 9.01. The Balaban J connectivity index is 1.61. The van der Waals surface area contributed by atoms with Gasteiger partial charge in [0.1, 0.15) is 0 Å². The Morgan fingerprint density at radius 1 is 1.12 bits per heavy atom. The van der Waals surface area contributed by atoms with Gasteiger partial charge in [-0.05, 0) is 41.5 Å². The molecule has 1 saturated heterocycles. The second-order valence-corrected chi connectivity index (χ2v) is 6.95. The van der Waals surface area contributed by atoms with Crippen molar-refractivity contribution in [3.05, 3.63) is 71.3 Å². The van der Waals surface area contributed by atoms with Crippen LogP contribution in [-0.2, 0) is 6.54 Å². The highest BCUT2D eigenvalue weighted by Gasteiger charge is 2.29. The molecule has 26 heavy (non-hydrogen) atoms. The lowest BCUT2D eigenvalue weighted by molar-refractivity contribution is 0.0661. The summed E-state index contributed by atoms with van der Waals surface area (Å²) in [5.41, 5.74) is 8.02. The van der Waals surface area contributed by atoms with E-state index in [2.05, 4.69) is 36.5 Å². The first-order chi connectivity index (χ1) is 12.5. The minimum absolute atomic E-state index is 0.0674. The van der Waals surface area contributed by atoms with Crippen LogP contribution in [0.2, 0.25) is 0 Å². The predicted molar refractivity (Wildman–Crippen MR) is 102 cm³/mol. The van der Waals surface area contributed by atoms with Crippen LogP contribution >= 0.6 is 0 Å². The highest BCUT2D eigenvalue weighted by Crippen LogP contribution is 2.33. The molecule has 2 atom stereocenters. The first-order valence-electron chi connectivity index (χ1n) is 9.01. The number of likely N-dealkylation sites (tertiary alicyclic amines) is 1. The topological polar surface area (TPSA) is 75.4 Å². The number of nitrogens with zero attached hydrogens (tertiary/aromatic N) is 1. The Kier molecular flexibility index (Phi) is 5.56. The van der Waals surface area contributed by atoms with Gasteiger partial charge in [-0.3, -0.25) is 4.79 Å². The van der Waals surface area contributed by atoms with Crippen molar-refractivity contribution in [2.24, 2.45) is 11.7 Å². The van der Waals surface area contributed by atoms with E-state index in [-0.39, 0.29) is 5.91 Å². The van der Waals surface area contributed by atoms with Crippen LogP contribution in [0, 0.1) is 5.92 Å². The summed E-state index contributed by atoms with van der Waals surface area (Å²) in [5.74, 6) is 0.995. The molecule has 0 radical (unpaired) electrons. The Hall–Kier alpha value is -2.82. The van der Waals surface area contributed by atoms with Gasteiger partial charge in [0.2, 0.25) is 0 Å². The zero-order chi connectivity index (χ0) is 18.5. The number of benzene rings is 2. The maximum atomic E-state index is 12.8. The predicted octanol–water partition coefficient (Wildman–Crippen LogP) is 3.12. The fraction of sp³-hybridized carbons (Fsp3) is 0.333. The maximum Gasteiger partial charge on any atom is 0.312 e. The fourth-order valence-electron chi connectivity index (χ4n) is 3.66. The van der Waals surface area contributed by atoms with E-state index in [9.17, 15) is 9.59 Å². The monoisotopic (exact) mass is 351 g/mol. The summed E-state index contributed by atoms with van der Waals surface area (Å²) >= 11 is 0. The average molecular weight is 351 g/mol. The molecule has 3 rings (SSSR count). The number of rotatable bonds is 4. The molecule has 5 nitrogen and oxygen atoms in total. The fourth-order valence-corrected chi connectivity index (χ4v) is 3.66. The number of carbonyl (C=O) groups is 2. The number of hydrogen-bond donors (Lipinski definition) is 2. The van der Waals surface area contributed by atoms with E-state index in [4.69, 9.17) is 5.73 Å². The van der Waals surface area contributed by atoms with E-state index in [0.29, 0.717) is 23.9 Å². The lowest BCUT2D eigenvalue weighted by atomic mass is 9.81. The van der Waals surface area contributed by atoms with Gasteiger partial charge in [-0.25, -0.2) is 4.79 Å². The molecule has 2 aromatic carbocycles. The molecule has 0 aromatic heterocycles. The third-order valence-electron chi connectivity index (χ3n) is 5.09. The number of primary amides is 1. The lowest BCUT2D eigenvalue weighted by Crippen LogP contribution is -2.42. The molecule has 1 heterocycles. The van der Waals surface area contributed by atoms with E-state index >= 15 is 0 Å². The maximum absolute atomic E-state index is 12.8. The van der Waals surface area contributed by atoms with E-state index in [1.54, 1.807) is 0 Å². The number of amides is 3. The molecule has 0 bridgehead atoms. The standard InChI is InChI=1S/C21H25N3O2/c1-15-14-24(12-11-19(15)17-5-3-2-4-6-17)20(25)18-9-7-16(8-10-18)13-23-21(22)26/h2-10,15,19H,11-14H2,1H3,(H3,22,23,26). The number of urea groups is 1. The van der Waals surface area contributed by atoms with Gasteiger partial charge in [-0.1, -0.05) is 49.4 Å². The van der Waals surface area contributed by atoms with Gasteiger partial charge in [0.25, 0.3) is 5.91 Å². The van der Waals surface area contributed by atoms with Crippen LogP contribution in [0.3, 0.4) is 0 Å². The second kappa shape index (κ2) is 8.04. The normalized spacial score (nSPS) is 19.8. The minimum Gasteiger partial charge on any atom is -0.352 e. The van der Waals surface area contributed by atoms with E-state index < -0.39 is 6.03 Å². The molecular weight excluding hydrogens is 326 g/mol. The summed E-state index contributed by atoms with van der Waals surface area (Å²) in [6.07, 6.45) is 0.984. The number of carbonyl (C=O) groups excluding carboxylic acids is 2. The average Bonchev–Trinajstić information content (AvgIpc) is 2.67. The van der Waals surface area contributed by atoms with E-state index in [0.717, 1.165) is 25.1 Å². The van der Waals surface area contributed by atoms with Crippen LogP contribution in [-0.4, -0.2) is 29.9 Å². The molecule has 3 N–H and O–H groups in total. The van der Waals surface area contributed by atoms with Gasteiger partial charge >= 0.3 is 6.03 Å². The summed E-state index contributed by atoms with van der Waals surface area (Å²) in [4.78, 5) is 25.5. The summed E-state index contributed by atoms with van der Waals surface area (Å²) in [6.45, 7) is 4.12. The molecule has 3 amide bonds. The Labute approximate surface area is 154 Å². The van der Waals surface area contributed by atoms with E-state index in [1.807, 2.05) is 35.2 Å². The van der Waals surface area contributed by atoms with Crippen molar-refractivity contribution in [1.29, 1.82) is 0 Å². The Morgan fingerprint density at radius 3 is 2.42 bits per heavy atom. The van der Waals surface area contributed by atoms with Crippen LogP contribution in [0.25, 0.3) is 0 Å². The zero-order valence-electron chi connectivity index (χ0n) is 15.0. The van der Waals surface area contributed by atoms with Crippen LogP contribution in [0.15, 0.2) is 54.6 Å². The van der Waals surface area contributed by atoms with Crippen molar-refractivity contribution in [3.8, 4) is 0 Å². The van der Waals surface area contributed by atoms with Crippen molar-refractivity contribution in [2.75, 3.05) is 13.1 Å². The summed E-state index contributed by atoms with van der Waals surface area (Å²) < 4.78 is 0. The molecule has 2 aromatic rings. The van der Waals surface area contributed by atoms with Gasteiger partial charge in [-0.2, -0.15) is 0 Å². The van der Waals surface area contributed by atoms with Crippen LogP contribution in [0.4, 0.5) is 4.79 Å². The molecule has 1 fully saturated rings. The van der Waals surface area contributed by atoms with Crippen molar-refractivity contribution < 1.29 is 9.59 Å². The molecule has 1 aliphatic heterocycles. The van der Waals surface area contributed by atoms with Gasteiger partial charge in [0.05, 0.1) is 0 Å². The summed E-state index contributed by atoms with van der Waals surface area (Å²) in [6, 6.07) is 17.3.